The van der Waals surface area contributed by atoms with Crippen molar-refractivity contribution in [1.82, 2.24) is 0 Å². The topological polar surface area (TPSA) is 237 Å². The van der Waals surface area contributed by atoms with Crippen molar-refractivity contribution in [3.05, 3.63) is 146 Å². The summed E-state index contributed by atoms with van der Waals surface area (Å²) in [4.78, 5) is 73.0. The Hall–Kier alpha value is -5.06. The third-order valence-electron chi connectivity index (χ3n) is 16.3. The summed E-state index contributed by atoms with van der Waals surface area (Å²) in [6, 6.07) is 0. The van der Waals surface area contributed by atoms with Gasteiger partial charge in [0.2, 0.25) is 0 Å². The van der Waals surface area contributed by atoms with Crippen LogP contribution in [0.25, 0.3) is 0 Å². The van der Waals surface area contributed by atoms with Crippen LogP contribution in [0.1, 0.15) is 310 Å². The normalized spacial score (nSPS) is 14.6. The molecule has 0 amide bonds. The molecule has 17 nitrogen and oxygen atoms in total. The van der Waals surface area contributed by atoms with E-state index < -0.39 is 97.5 Å². The number of hydrogen-bond donors (Lipinski definition) is 3. The number of carbonyl (C=O) groups excluding carboxylic acids is 4. The van der Waals surface area contributed by atoms with E-state index in [9.17, 15) is 43.2 Å². The van der Waals surface area contributed by atoms with Crippen LogP contribution in [0.15, 0.2) is 146 Å². The summed E-state index contributed by atoms with van der Waals surface area (Å²) in [5.74, 6) is -2.29. The van der Waals surface area contributed by atoms with E-state index in [1.165, 1.54) is 70.6 Å². The van der Waals surface area contributed by atoms with Gasteiger partial charge in [-0.05, 0) is 141 Å². The van der Waals surface area contributed by atoms with Gasteiger partial charge in [0.05, 0.1) is 26.4 Å². The van der Waals surface area contributed by atoms with Crippen molar-refractivity contribution in [3.8, 4) is 0 Å². The fourth-order valence-electron chi connectivity index (χ4n) is 10.3. The van der Waals surface area contributed by atoms with Gasteiger partial charge in [-0.2, -0.15) is 0 Å². The Morgan fingerprint density at radius 2 is 0.510 bits per heavy atom. The van der Waals surface area contributed by atoms with Gasteiger partial charge in [-0.1, -0.05) is 289 Å². The quantitative estimate of drug-likeness (QED) is 0.0169. The minimum absolute atomic E-state index is 0.00450. The van der Waals surface area contributed by atoms with E-state index in [1.807, 2.05) is 12.2 Å². The molecule has 19 heteroatoms. The minimum atomic E-state index is -5.01. The largest absolute Gasteiger partial charge is 0.472 e. The molecular weight excluding hydrogens is 1350 g/mol. The number of rotatable bonds is 74. The van der Waals surface area contributed by atoms with Crippen LogP contribution in [0.4, 0.5) is 0 Å². The number of hydrogen-bond acceptors (Lipinski definition) is 15. The SMILES string of the molecule is CC/C=C\C/C=C\C/C=C\C/C=C\C/C=C\CCCCCC(=O)OCC(COP(=O)(O)OCC(O)COP(=O)(O)OCC(COC(=O)CCCCCCC/C=C\C/C=C\CCCCC)OC(=O)CCCCCCCCCCCCCCC)OC(=O)CCC/C=C\C/C=C\C/C=C\C/C=C\C/C=C\CC. The maximum Gasteiger partial charge on any atom is 0.472 e. The molecule has 0 rings (SSSR count). The highest BCUT2D eigenvalue weighted by Gasteiger charge is 2.30. The highest BCUT2D eigenvalue weighted by molar-refractivity contribution is 7.47. The summed E-state index contributed by atoms with van der Waals surface area (Å²) in [7, 11) is -9.99. The maximum absolute atomic E-state index is 13.1. The zero-order valence-electron chi connectivity index (χ0n) is 64.9. The van der Waals surface area contributed by atoms with E-state index in [-0.39, 0.29) is 25.7 Å². The molecule has 0 aromatic rings. The molecule has 0 aliphatic rings. The molecule has 0 spiro atoms. The van der Waals surface area contributed by atoms with Crippen LogP contribution in [0.2, 0.25) is 0 Å². The lowest BCUT2D eigenvalue weighted by atomic mass is 10.0. The maximum atomic E-state index is 13.1. The van der Waals surface area contributed by atoms with Crippen molar-refractivity contribution >= 4 is 39.5 Å². The number of phosphoric acid groups is 2. The summed E-state index contributed by atoms with van der Waals surface area (Å²) in [6.07, 6.45) is 86.9. The standard InChI is InChI=1S/C85H142O17P2/c1-5-9-13-17-21-25-29-33-36-38-39-41-43-47-50-54-58-62-66-70-83(88)96-76-81(102-85(90)72-68-64-60-56-52-48-44-40-37-34-30-26-22-18-14-10-6-2)78-100-104(93,94)98-74-79(86)73-97-103(91,92)99-77-80(101-84(89)71-67-63-59-55-51-45-32-28-24-20-16-12-8-4)75-95-82(87)69-65-61-57-53-49-46-42-35-31-27-23-19-15-11-7-3/h9-10,13-14,21-23,25-27,33-37,39,41-42,44,47-48,50,56,60,79-81,86H,5-8,11-12,15-20,24,28-32,38,40,43,45-46,49,51-55,57-59,61-78H2,1-4H3,(H,91,92)(H,93,94)/b13-9-,14-10-,25-21-,26-22-,27-23-,36-33-,37-34-,41-39-,42-35-,48-44-,50-47-,60-56-. The molecule has 0 aromatic carbocycles. The molecule has 3 N–H and O–H groups in total. The molecule has 5 unspecified atom stereocenters. The molecule has 0 bridgehead atoms. The average molecular weight is 1500 g/mol. The highest BCUT2D eigenvalue weighted by Crippen LogP contribution is 2.45. The molecule has 0 heterocycles. The van der Waals surface area contributed by atoms with E-state index in [0.717, 1.165) is 154 Å². The summed E-state index contributed by atoms with van der Waals surface area (Å²) in [5.41, 5.74) is 0. The Morgan fingerprint density at radius 3 is 0.837 bits per heavy atom. The van der Waals surface area contributed by atoms with Crippen LogP contribution >= 0.6 is 15.6 Å². The van der Waals surface area contributed by atoms with Crippen molar-refractivity contribution in [2.75, 3.05) is 39.6 Å². The number of carbonyl (C=O) groups is 4. The predicted octanol–water partition coefficient (Wildman–Crippen LogP) is 23.4. The van der Waals surface area contributed by atoms with Gasteiger partial charge in [0, 0.05) is 25.7 Å². The van der Waals surface area contributed by atoms with Crippen molar-refractivity contribution in [3.63, 3.8) is 0 Å². The van der Waals surface area contributed by atoms with Crippen LogP contribution in [-0.2, 0) is 65.4 Å². The lowest BCUT2D eigenvalue weighted by molar-refractivity contribution is -0.161. The van der Waals surface area contributed by atoms with Gasteiger partial charge >= 0.3 is 39.5 Å². The van der Waals surface area contributed by atoms with E-state index in [1.54, 1.807) is 0 Å². The van der Waals surface area contributed by atoms with Crippen molar-refractivity contribution in [2.45, 2.75) is 329 Å². The second kappa shape index (κ2) is 76.1. The number of aliphatic hydroxyl groups is 1. The summed E-state index contributed by atoms with van der Waals surface area (Å²) < 4.78 is 68.5. The third-order valence-corrected chi connectivity index (χ3v) is 18.2. The number of aliphatic hydroxyl groups excluding tert-OH is 1. The first-order valence-corrected chi connectivity index (χ1v) is 43.1. The number of esters is 4. The molecule has 594 valence electrons. The van der Waals surface area contributed by atoms with Crippen LogP contribution in [0.3, 0.4) is 0 Å². The molecule has 0 aliphatic heterocycles. The van der Waals surface area contributed by atoms with Crippen LogP contribution < -0.4 is 0 Å². The number of allylic oxidation sites excluding steroid dienone is 24. The summed E-state index contributed by atoms with van der Waals surface area (Å²) in [6.45, 7) is 4.51. The Morgan fingerprint density at radius 1 is 0.279 bits per heavy atom. The predicted molar refractivity (Wildman–Crippen MR) is 427 cm³/mol. The average Bonchev–Trinajstić information content (AvgIpc) is 0.911. The first kappa shape index (κ1) is 98.9. The van der Waals surface area contributed by atoms with E-state index in [0.29, 0.717) is 32.1 Å². The number of ether oxygens (including phenoxy) is 4. The molecule has 5 atom stereocenters. The molecular formula is C85H142O17P2. The van der Waals surface area contributed by atoms with E-state index in [2.05, 4.69) is 161 Å². The Bertz CT molecular complexity index is 2540. The van der Waals surface area contributed by atoms with Crippen LogP contribution in [-0.4, -0.2) is 96.7 Å². The minimum Gasteiger partial charge on any atom is -0.462 e. The van der Waals surface area contributed by atoms with Gasteiger partial charge < -0.3 is 33.8 Å². The number of phosphoric ester groups is 2. The molecule has 0 saturated carbocycles. The molecule has 0 fully saturated rings. The molecule has 0 aromatic heterocycles. The summed E-state index contributed by atoms with van der Waals surface area (Å²) in [5, 5.41) is 10.6. The van der Waals surface area contributed by atoms with Gasteiger partial charge in [0.25, 0.3) is 0 Å². The van der Waals surface area contributed by atoms with Gasteiger partial charge in [0.15, 0.2) is 12.2 Å². The Kier molecular flexibility index (Phi) is 72.4. The number of unbranched alkanes of at least 4 members (excludes halogenated alkanes) is 24. The first-order chi connectivity index (χ1) is 50.7. The zero-order chi connectivity index (χ0) is 76.0. The monoisotopic (exact) mass is 1500 g/mol. The van der Waals surface area contributed by atoms with Crippen molar-refractivity contribution in [2.24, 2.45) is 0 Å². The first-order valence-electron chi connectivity index (χ1n) is 40.1. The van der Waals surface area contributed by atoms with E-state index >= 15 is 0 Å². The van der Waals surface area contributed by atoms with Crippen LogP contribution in [0.5, 0.6) is 0 Å². The smallest absolute Gasteiger partial charge is 0.462 e. The lowest BCUT2D eigenvalue weighted by Gasteiger charge is -2.21. The molecule has 104 heavy (non-hydrogen) atoms. The Labute approximate surface area is 630 Å². The summed E-state index contributed by atoms with van der Waals surface area (Å²) >= 11 is 0. The van der Waals surface area contributed by atoms with Crippen molar-refractivity contribution < 1.29 is 80.2 Å². The second-order valence-corrected chi connectivity index (χ2v) is 29.2. The Balaban J connectivity index is 5.46. The molecule has 0 saturated heterocycles. The fourth-order valence-corrected chi connectivity index (χ4v) is 11.8. The fraction of sp³-hybridized carbons (Fsp3) is 0.671. The van der Waals surface area contributed by atoms with Crippen molar-refractivity contribution in [1.29, 1.82) is 0 Å². The molecule has 0 aliphatic carbocycles. The highest BCUT2D eigenvalue weighted by atomic mass is 31.2. The van der Waals surface area contributed by atoms with Gasteiger partial charge in [-0.3, -0.25) is 37.3 Å². The van der Waals surface area contributed by atoms with Crippen LogP contribution in [0, 0.1) is 0 Å². The van der Waals surface area contributed by atoms with E-state index in [4.69, 9.17) is 37.0 Å². The zero-order valence-corrected chi connectivity index (χ0v) is 66.7. The van der Waals surface area contributed by atoms with Gasteiger partial charge in [-0.25, -0.2) is 9.13 Å². The molecule has 0 radical (unpaired) electrons. The lowest BCUT2D eigenvalue weighted by Crippen LogP contribution is -2.30. The third kappa shape index (κ3) is 75.2. The second-order valence-electron chi connectivity index (χ2n) is 26.2. The van der Waals surface area contributed by atoms with Gasteiger partial charge in [0.1, 0.15) is 19.3 Å². The van der Waals surface area contributed by atoms with Gasteiger partial charge in [-0.15, -0.1) is 0 Å².